The normalized spacial score (nSPS) is 14.2. The number of nitrogens with one attached hydrogen (secondary N) is 2. The SMILES string of the molecule is O=c1[nH]c(Cc2ccccn2)nc2c1CCNC2. The molecule has 0 spiro atoms. The molecule has 0 atom stereocenters. The lowest BCUT2D eigenvalue weighted by atomic mass is 10.1. The molecule has 0 saturated heterocycles. The van der Waals surface area contributed by atoms with E-state index in [4.69, 9.17) is 0 Å². The van der Waals surface area contributed by atoms with Crippen LogP contribution in [0, 0.1) is 0 Å². The molecule has 2 aromatic heterocycles. The van der Waals surface area contributed by atoms with Crippen LogP contribution in [0.2, 0.25) is 0 Å². The van der Waals surface area contributed by atoms with Crippen LogP contribution >= 0.6 is 0 Å². The fraction of sp³-hybridized carbons (Fsp3) is 0.308. The van der Waals surface area contributed by atoms with Crippen LogP contribution in [0.5, 0.6) is 0 Å². The summed E-state index contributed by atoms with van der Waals surface area (Å²) in [6.45, 7) is 1.52. The van der Waals surface area contributed by atoms with Gasteiger partial charge < -0.3 is 10.3 Å². The van der Waals surface area contributed by atoms with Gasteiger partial charge in [0, 0.05) is 30.4 Å². The minimum absolute atomic E-state index is 0.00701. The molecule has 5 nitrogen and oxygen atoms in total. The molecule has 3 rings (SSSR count). The predicted molar refractivity (Wildman–Crippen MR) is 67.3 cm³/mol. The zero-order chi connectivity index (χ0) is 12.4. The summed E-state index contributed by atoms with van der Waals surface area (Å²) in [5.74, 6) is 0.682. The summed E-state index contributed by atoms with van der Waals surface area (Å²) in [6, 6.07) is 5.73. The summed E-state index contributed by atoms with van der Waals surface area (Å²) in [7, 11) is 0. The summed E-state index contributed by atoms with van der Waals surface area (Å²) < 4.78 is 0. The van der Waals surface area contributed by atoms with Gasteiger partial charge in [-0.15, -0.1) is 0 Å². The van der Waals surface area contributed by atoms with Crippen LogP contribution < -0.4 is 10.9 Å². The molecule has 0 bridgehead atoms. The van der Waals surface area contributed by atoms with Crippen molar-refractivity contribution in [2.24, 2.45) is 0 Å². The van der Waals surface area contributed by atoms with Gasteiger partial charge in [0.2, 0.25) is 0 Å². The molecular formula is C13H14N4O. The second kappa shape index (κ2) is 4.70. The van der Waals surface area contributed by atoms with Crippen molar-refractivity contribution in [2.45, 2.75) is 19.4 Å². The third-order valence-electron chi connectivity index (χ3n) is 3.07. The van der Waals surface area contributed by atoms with E-state index in [1.54, 1.807) is 6.20 Å². The number of pyridine rings is 1. The van der Waals surface area contributed by atoms with Gasteiger partial charge in [-0.3, -0.25) is 9.78 Å². The number of aromatic nitrogens is 3. The molecule has 2 N–H and O–H groups in total. The van der Waals surface area contributed by atoms with Crippen molar-refractivity contribution in [1.29, 1.82) is 0 Å². The molecule has 18 heavy (non-hydrogen) atoms. The summed E-state index contributed by atoms with van der Waals surface area (Å²) in [5, 5.41) is 3.23. The first-order valence-corrected chi connectivity index (χ1v) is 6.04. The number of nitrogens with zero attached hydrogens (tertiary/aromatic N) is 2. The van der Waals surface area contributed by atoms with Crippen LogP contribution in [0.15, 0.2) is 29.2 Å². The molecule has 92 valence electrons. The quantitative estimate of drug-likeness (QED) is 0.799. The van der Waals surface area contributed by atoms with E-state index in [2.05, 4.69) is 20.3 Å². The number of hydrogen-bond donors (Lipinski definition) is 2. The van der Waals surface area contributed by atoms with Crippen molar-refractivity contribution < 1.29 is 0 Å². The standard InChI is InChI=1S/C13H14N4O/c18-13-10-4-6-14-8-11(10)16-12(17-13)7-9-3-1-2-5-15-9/h1-3,5,14H,4,6-8H2,(H,16,17,18). The average molecular weight is 242 g/mol. The topological polar surface area (TPSA) is 70.7 Å². The van der Waals surface area contributed by atoms with E-state index >= 15 is 0 Å². The van der Waals surface area contributed by atoms with Gasteiger partial charge in [0.05, 0.1) is 5.69 Å². The van der Waals surface area contributed by atoms with Gasteiger partial charge in [0.1, 0.15) is 5.82 Å². The fourth-order valence-electron chi connectivity index (χ4n) is 2.18. The van der Waals surface area contributed by atoms with Crippen LogP contribution in [-0.2, 0) is 19.4 Å². The van der Waals surface area contributed by atoms with Crippen molar-refractivity contribution in [3.8, 4) is 0 Å². The summed E-state index contributed by atoms with van der Waals surface area (Å²) in [5.41, 5.74) is 2.59. The Morgan fingerprint density at radius 3 is 3.11 bits per heavy atom. The molecule has 0 amide bonds. The van der Waals surface area contributed by atoms with Crippen LogP contribution in [0.25, 0.3) is 0 Å². The Morgan fingerprint density at radius 1 is 1.33 bits per heavy atom. The highest BCUT2D eigenvalue weighted by Crippen LogP contribution is 2.08. The Hall–Kier alpha value is -2.01. The molecule has 0 fully saturated rings. The predicted octanol–water partition coefficient (Wildman–Crippen LogP) is 0.401. The average Bonchev–Trinajstić information content (AvgIpc) is 2.40. The van der Waals surface area contributed by atoms with E-state index in [1.807, 2.05) is 18.2 Å². The Balaban J connectivity index is 1.94. The first-order chi connectivity index (χ1) is 8.83. The van der Waals surface area contributed by atoms with E-state index in [1.165, 1.54) is 0 Å². The van der Waals surface area contributed by atoms with Gasteiger partial charge in [-0.05, 0) is 25.1 Å². The second-order valence-electron chi connectivity index (χ2n) is 4.36. The van der Waals surface area contributed by atoms with E-state index in [0.29, 0.717) is 18.8 Å². The van der Waals surface area contributed by atoms with Gasteiger partial charge >= 0.3 is 0 Å². The van der Waals surface area contributed by atoms with Crippen molar-refractivity contribution >= 4 is 0 Å². The second-order valence-corrected chi connectivity index (χ2v) is 4.36. The molecule has 1 aliphatic rings. The van der Waals surface area contributed by atoms with Crippen molar-refractivity contribution in [3.05, 3.63) is 57.5 Å². The summed E-state index contributed by atoms with van der Waals surface area (Å²) in [4.78, 5) is 23.5. The number of rotatable bonds is 2. The lowest BCUT2D eigenvalue weighted by Crippen LogP contribution is -2.32. The Kier molecular flexibility index (Phi) is 2.90. The monoisotopic (exact) mass is 242 g/mol. The number of fused-ring (bicyclic) bond motifs is 1. The molecule has 5 heteroatoms. The Bertz CT molecular complexity index is 606. The molecule has 0 saturated carbocycles. The summed E-state index contributed by atoms with van der Waals surface area (Å²) >= 11 is 0. The molecule has 0 aliphatic carbocycles. The van der Waals surface area contributed by atoms with E-state index in [9.17, 15) is 4.79 Å². The van der Waals surface area contributed by atoms with Crippen LogP contribution in [-0.4, -0.2) is 21.5 Å². The smallest absolute Gasteiger partial charge is 0.254 e. The van der Waals surface area contributed by atoms with Gasteiger partial charge in [0.15, 0.2) is 0 Å². The Labute approximate surface area is 104 Å². The van der Waals surface area contributed by atoms with Crippen LogP contribution in [0.1, 0.15) is 22.8 Å². The van der Waals surface area contributed by atoms with Gasteiger partial charge in [-0.2, -0.15) is 0 Å². The van der Waals surface area contributed by atoms with Crippen LogP contribution in [0.3, 0.4) is 0 Å². The number of aromatic amines is 1. The Morgan fingerprint density at radius 2 is 2.28 bits per heavy atom. The van der Waals surface area contributed by atoms with Crippen molar-refractivity contribution in [1.82, 2.24) is 20.3 Å². The highest BCUT2D eigenvalue weighted by atomic mass is 16.1. The maximum atomic E-state index is 11.9. The third-order valence-corrected chi connectivity index (χ3v) is 3.07. The maximum Gasteiger partial charge on any atom is 0.254 e. The number of H-pyrrole nitrogens is 1. The molecular weight excluding hydrogens is 228 g/mol. The molecule has 3 heterocycles. The third kappa shape index (κ3) is 2.17. The lowest BCUT2D eigenvalue weighted by molar-refractivity contribution is 0.612. The first-order valence-electron chi connectivity index (χ1n) is 6.04. The van der Waals surface area contributed by atoms with E-state index in [-0.39, 0.29) is 5.56 Å². The van der Waals surface area contributed by atoms with E-state index < -0.39 is 0 Å². The molecule has 0 radical (unpaired) electrons. The van der Waals surface area contributed by atoms with Crippen molar-refractivity contribution in [2.75, 3.05) is 6.54 Å². The minimum atomic E-state index is -0.00701. The van der Waals surface area contributed by atoms with Gasteiger partial charge in [-0.1, -0.05) is 6.07 Å². The number of hydrogen-bond acceptors (Lipinski definition) is 4. The molecule has 0 aromatic carbocycles. The lowest BCUT2D eigenvalue weighted by Gasteiger charge is -2.15. The molecule has 0 unspecified atom stereocenters. The van der Waals surface area contributed by atoms with E-state index in [0.717, 1.165) is 29.9 Å². The zero-order valence-electron chi connectivity index (χ0n) is 9.94. The fourth-order valence-corrected chi connectivity index (χ4v) is 2.18. The highest BCUT2D eigenvalue weighted by Gasteiger charge is 2.15. The largest absolute Gasteiger partial charge is 0.311 e. The van der Waals surface area contributed by atoms with Crippen molar-refractivity contribution in [3.63, 3.8) is 0 Å². The summed E-state index contributed by atoms with van der Waals surface area (Å²) in [6.07, 6.45) is 3.05. The zero-order valence-corrected chi connectivity index (χ0v) is 9.94. The first kappa shape index (κ1) is 11.1. The molecule has 1 aliphatic heterocycles. The minimum Gasteiger partial charge on any atom is -0.311 e. The van der Waals surface area contributed by atoms with Gasteiger partial charge in [0.25, 0.3) is 5.56 Å². The maximum absolute atomic E-state index is 11.9. The van der Waals surface area contributed by atoms with Crippen LogP contribution in [0.4, 0.5) is 0 Å². The highest BCUT2D eigenvalue weighted by molar-refractivity contribution is 5.22. The van der Waals surface area contributed by atoms with Gasteiger partial charge in [-0.25, -0.2) is 4.98 Å². The molecule has 2 aromatic rings.